The van der Waals surface area contributed by atoms with Gasteiger partial charge in [0.25, 0.3) is 0 Å². The van der Waals surface area contributed by atoms with Crippen LogP contribution in [0.5, 0.6) is 5.75 Å². The lowest BCUT2D eigenvalue weighted by molar-refractivity contribution is -0.121. The molecule has 2 aliphatic rings. The molecule has 0 atom stereocenters. The van der Waals surface area contributed by atoms with Crippen LogP contribution < -0.4 is 20.1 Å². The van der Waals surface area contributed by atoms with Crippen LogP contribution in [-0.2, 0) is 25.6 Å². The number of nitrogens with zero attached hydrogens (tertiary/aromatic N) is 5. The van der Waals surface area contributed by atoms with Crippen LogP contribution in [0.4, 0.5) is 16.2 Å². The number of amides is 2. The quantitative estimate of drug-likeness (QED) is 0.393. The lowest BCUT2D eigenvalue weighted by Gasteiger charge is -2.36. The van der Waals surface area contributed by atoms with E-state index in [4.69, 9.17) is 18.9 Å². The molecule has 13 heteroatoms. The van der Waals surface area contributed by atoms with Crippen LogP contribution in [0.15, 0.2) is 47.4 Å². The summed E-state index contributed by atoms with van der Waals surface area (Å²) in [5.74, 6) is -1.51. The number of hydrogen-bond donors (Lipinski definition) is 0. The van der Waals surface area contributed by atoms with E-state index >= 15 is 0 Å². The van der Waals surface area contributed by atoms with Crippen molar-refractivity contribution < 1.29 is 33.3 Å². The maximum atomic E-state index is 14.0. The molecule has 2 aliphatic heterocycles. The van der Waals surface area contributed by atoms with Gasteiger partial charge in [-0.25, -0.2) is 14.6 Å². The maximum absolute atomic E-state index is 14.0. The number of esters is 1. The average molecular weight is 594 g/mol. The topological polar surface area (TPSA) is 132 Å². The molecule has 0 spiro atoms. The highest BCUT2D eigenvalue weighted by atomic mass is 16.6. The lowest BCUT2D eigenvalue weighted by atomic mass is 10.2. The van der Waals surface area contributed by atoms with Crippen molar-refractivity contribution in [2.24, 2.45) is 0 Å². The van der Waals surface area contributed by atoms with Gasteiger partial charge in [-0.15, -0.1) is 0 Å². The highest BCUT2D eigenvalue weighted by Gasteiger charge is 2.33. The van der Waals surface area contributed by atoms with Crippen LogP contribution >= 0.6 is 0 Å². The number of carbonyl (C=O) groups is 3. The highest BCUT2D eigenvalue weighted by Crippen LogP contribution is 2.30. The van der Waals surface area contributed by atoms with Crippen LogP contribution in [0.1, 0.15) is 36.8 Å². The monoisotopic (exact) mass is 593 g/mol. The van der Waals surface area contributed by atoms with Gasteiger partial charge in [-0.1, -0.05) is 30.3 Å². The number of anilines is 2. The number of fused-ring (bicyclic) bond motifs is 1. The number of rotatable bonds is 6. The van der Waals surface area contributed by atoms with Gasteiger partial charge in [0.15, 0.2) is 11.3 Å². The first-order valence-corrected chi connectivity index (χ1v) is 14.0. The molecule has 0 radical (unpaired) electrons. The number of morpholine rings is 1. The molecule has 2 aromatic heterocycles. The van der Waals surface area contributed by atoms with E-state index in [0.717, 1.165) is 5.56 Å². The number of piperazine rings is 1. The molecule has 4 heterocycles. The molecule has 1 aromatic carbocycles. The van der Waals surface area contributed by atoms with E-state index in [0.29, 0.717) is 37.7 Å². The minimum Gasteiger partial charge on any atom is -0.481 e. The third kappa shape index (κ3) is 6.56. The zero-order valence-corrected chi connectivity index (χ0v) is 24.7. The maximum Gasteiger partial charge on any atom is 0.410 e. The predicted octanol–water partition coefficient (Wildman–Crippen LogP) is 2.48. The first kappa shape index (κ1) is 29.8. The van der Waals surface area contributed by atoms with Gasteiger partial charge in [-0.05, 0) is 32.4 Å². The van der Waals surface area contributed by atoms with Gasteiger partial charge in [0.1, 0.15) is 18.8 Å². The summed E-state index contributed by atoms with van der Waals surface area (Å²) in [6, 6.07) is 11.0. The summed E-state index contributed by atoms with van der Waals surface area (Å²) in [4.78, 5) is 62.4. The zero-order valence-electron chi connectivity index (χ0n) is 24.7. The fourth-order valence-corrected chi connectivity index (χ4v) is 4.89. The van der Waals surface area contributed by atoms with Crippen molar-refractivity contribution in [1.29, 1.82) is 0 Å². The third-order valence-electron chi connectivity index (χ3n) is 6.99. The Bertz CT molecular complexity index is 1580. The number of hydrogen-bond acceptors (Lipinski definition) is 10. The van der Waals surface area contributed by atoms with Crippen molar-refractivity contribution in [2.75, 3.05) is 62.8 Å². The Morgan fingerprint density at radius 3 is 2.40 bits per heavy atom. The van der Waals surface area contributed by atoms with Gasteiger partial charge in [0.2, 0.25) is 11.7 Å². The van der Waals surface area contributed by atoms with E-state index in [9.17, 15) is 19.2 Å². The van der Waals surface area contributed by atoms with Crippen LogP contribution in [0, 0.1) is 0 Å². The molecule has 0 unspecified atom stereocenters. The first-order valence-electron chi connectivity index (χ1n) is 14.0. The molecule has 43 heavy (non-hydrogen) atoms. The molecular formula is C30H35N5O8. The Kier molecular flexibility index (Phi) is 8.53. The molecule has 3 aromatic rings. The Morgan fingerprint density at radius 1 is 1.02 bits per heavy atom. The number of aromatic nitrogens is 2. The fourth-order valence-electron chi connectivity index (χ4n) is 4.89. The minimum atomic E-state index is -0.855. The molecule has 13 nitrogen and oxygen atoms in total. The van der Waals surface area contributed by atoms with Gasteiger partial charge in [0.05, 0.1) is 31.7 Å². The largest absolute Gasteiger partial charge is 0.481 e. The second kappa shape index (κ2) is 12.3. The summed E-state index contributed by atoms with van der Waals surface area (Å²) in [6.07, 6.45) is 1.03. The standard InChI is InChI=1S/C30H35N5O8/c1-30(2,3)43-29(39)33-10-11-34(23(36)18-33)22-16-21(32-12-14-41-15-13-32)17-35-26(22)31-24(28(38)40-4)25(27(35)37)42-19-20-8-6-5-7-9-20/h5-9,16-17H,10-15,18-19H2,1-4H3. The van der Waals surface area contributed by atoms with Crippen molar-refractivity contribution in [2.45, 2.75) is 33.0 Å². The summed E-state index contributed by atoms with van der Waals surface area (Å²) < 4.78 is 23.1. The van der Waals surface area contributed by atoms with Gasteiger partial charge in [-0.3, -0.25) is 18.9 Å². The Morgan fingerprint density at radius 2 is 1.74 bits per heavy atom. The molecule has 228 valence electrons. The number of ether oxygens (including phenoxy) is 4. The summed E-state index contributed by atoms with van der Waals surface area (Å²) in [6.45, 7) is 7.53. The number of pyridine rings is 1. The molecule has 0 bridgehead atoms. The summed E-state index contributed by atoms with van der Waals surface area (Å²) in [7, 11) is 1.19. The van der Waals surface area contributed by atoms with Gasteiger partial charge < -0.3 is 28.7 Å². The third-order valence-corrected chi connectivity index (χ3v) is 6.99. The first-order chi connectivity index (χ1) is 20.6. The molecule has 2 fully saturated rings. The van der Waals surface area contributed by atoms with Crippen LogP contribution in [0.2, 0.25) is 0 Å². The van der Waals surface area contributed by atoms with Crippen molar-refractivity contribution in [1.82, 2.24) is 14.3 Å². The second-order valence-electron chi connectivity index (χ2n) is 11.2. The molecule has 0 aliphatic carbocycles. The molecular weight excluding hydrogens is 558 g/mol. The molecule has 0 N–H and O–H groups in total. The Balaban J connectivity index is 1.59. The van der Waals surface area contributed by atoms with E-state index in [1.54, 1.807) is 33.0 Å². The Labute approximate surface area is 248 Å². The van der Waals surface area contributed by atoms with E-state index in [2.05, 4.69) is 4.98 Å². The van der Waals surface area contributed by atoms with E-state index in [-0.39, 0.29) is 43.3 Å². The van der Waals surface area contributed by atoms with Crippen molar-refractivity contribution in [3.8, 4) is 5.75 Å². The van der Waals surface area contributed by atoms with Crippen LogP contribution in [0.3, 0.4) is 0 Å². The molecule has 2 saturated heterocycles. The van der Waals surface area contributed by atoms with Crippen molar-refractivity contribution in [3.05, 3.63) is 64.2 Å². The minimum absolute atomic E-state index is 0.0228. The molecule has 2 amide bonds. The smallest absolute Gasteiger partial charge is 0.410 e. The number of carbonyl (C=O) groups excluding carboxylic acids is 3. The zero-order chi connectivity index (χ0) is 30.7. The van der Waals surface area contributed by atoms with E-state index in [1.165, 1.54) is 21.3 Å². The molecule has 5 rings (SSSR count). The van der Waals surface area contributed by atoms with Crippen LogP contribution in [0.25, 0.3) is 5.65 Å². The van der Waals surface area contributed by atoms with Gasteiger partial charge >= 0.3 is 17.6 Å². The Hall–Kier alpha value is -4.65. The predicted molar refractivity (Wildman–Crippen MR) is 157 cm³/mol. The van der Waals surface area contributed by atoms with Gasteiger partial charge in [-0.2, -0.15) is 0 Å². The number of methoxy groups -OCH3 is 1. The summed E-state index contributed by atoms with van der Waals surface area (Å²) in [5.41, 5.74) is 0.204. The van der Waals surface area contributed by atoms with E-state index in [1.807, 2.05) is 35.2 Å². The second-order valence-corrected chi connectivity index (χ2v) is 11.2. The van der Waals surface area contributed by atoms with Gasteiger partial charge in [0, 0.05) is 32.4 Å². The SMILES string of the molecule is COC(=O)c1nc2c(N3CCN(C(=O)OC(C)(C)C)CC3=O)cc(N3CCOCC3)cn2c(=O)c1OCc1ccccc1. The summed E-state index contributed by atoms with van der Waals surface area (Å²) in [5, 5.41) is 0. The number of benzene rings is 1. The average Bonchev–Trinajstić information content (AvgIpc) is 3.00. The lowest BCUT2D eigenvalue weighted by Crippen LogP contribution is -2.53. The normalized spacial score (nSPS) is 15.9. The van der Waals surface area contributed by atoms with Crippen LogP contribution in [-0.4, -0.2) is 90.9 Å². The van der Waals surface area contributed by atoms with Crippen molar-refractivity contribution in [3.63, 3.8) is 0 Å². The molecule has 0 saturated carbocycles. The van der Waals surface area contributed by atoms with E-state index < -0.39 is 29.1 Å². The summed E-state index contributed by atoms with van der Waals surface area (Å²) >= 11 is 0. The highest BCUT2D eigenvalue weighted by molar-refractivity contribution is 6.01. The van der Waals surface area contributed by atoms with Crippen molar-refractivity contribution >= 4 is 35.0 Å². The fraction of sp³-hybridized carbons (Fsp3) is 0.433.